The third kappa shape index (κ3) is 4.36. The van der Waals surface area contributed by atoms with Crippen LogP contribution in [0.5, 0.6) is 5.88 Å². The zero-order valence-corrected chi connectivity index (χ0v) is 25.9. The van der Waals surface area contributed by atoms with E-state index in [0.29, 0.717) is 53.0 Å². The lowest BCUT2D eigenvalue weighted by atomic mass is 9.62. The van der Waals surface area contributed by atoms with Crippen LogP contribution in [0.3, 0.4) is 0 Å². The molecule has 2 aliphatic heterocycles. The summed E-state index contributed by atoms with van der Waals surface area (Å²) in [6.45, 7) is 4.50. The van der Waals surface area contributed by atoms with Crippen LogP contribution in [-0.2, 0) is 23.0 Å². The van der Waals surface area contributed by atoms with Crippen molar-refractivity contribution in [3.63, 3.8) is 0 Å². The summed E-state index contributed by atoms with van der Waals surface area (Å²) in [4.78, 5) is 13.5. The number of aryl methyl sites for hydroxylation is 1. The molecule has 2 fully saturated rings. The fraction of sp³-hybridized carbons (Fsp3) is 0.531. The third-order valence-corrected chi connectivity index (χ3v) is 11.2. The summed E-state index contributed by atoms with van der Waals surface area (Å²) in [6, 6.07) is 6.81. The first-order valence-corrected chi connectivity index (χ1v) is 16.5. The van der Waals surface area contributed by atoms with Gasteiger partial charge in [0, 0.05) is 34.2 Å². The second kappa shape index (κ2) is 10.7. The molecule has 0 saturated carbocycles. The predicted molar refractivity (Wildman–Crippen MR) is 164 cm³/mol. The van der Waals surface area contributed by atoms with E-state index in [4.69, 9.17) is 40.0 Å². The van der Waals surface area contributed by atoms with Crippen LogP contribution in [0.15, 0.2) is 22.9 Å². The normalized spacial score (nSPS) is 24.1. The maximum Gasteiger partial charge on any atom is 0.217 e. The highest BCUT2D eigenvalue weighted by Gasteiger charge is 2.48. The van der Waals surface area contributed by atoms with Crippen molar-refractivity contribution in [2.24, 2.45) is 0 Å². The summed E-state index contributed by atoms with van der Waals surface area (Å²) in [5.74, 6) is 1.50. The summed E-state index contributed by atoms with van der Waals surface area (Å²) < 4.78 is 20.0. The monoisotopic (exact) mass is 612 g/mol. The smallest absolute Gasteiger partial charge is 0.217 e. The molecule has 11 nitrogen and oxygen atoms in total. The Labute approximate surface area is 260 Å². The Balaban J connectivity index is 1.22. The highest BCUT2D eigenvalue weighted by Crippen LogP contribution is 2.54. The molecule has 0 bridgehead atoms. The van der Waals surface area contributed by atoms with Crippen molar-refractivity contribution < 1.29 is 14.0 Å². The Morgan fingerprint density at radius 3 is 2.77 bits per heavy atom. The summed E-state index contributed by atoms with van der Waals surface area (Å²) in [5, 5.41) is 20.2. The Hall–Kier alpha value is -3.79. The second-order valence-electron chi connectivity index (χ2n) is 12.7. The molecule has 0 radical (unpaired) electrons. The highest BCUT2D eigenvalue weighted by atomic mass is 32.1. The van der Waals surface area contributed by atoms with Crippen molar-refractivity contribution in [2.45, 2.75) is 81.9 Å². The quantitative estimate of drug-likeness (QED) is 0.320. The number of nitrogen functional groups attached to an aromatic ring is 1. The number of nitrogens with zero attached hydrogens (tertiary/aromatic N) is 7. The van der Waals surface area contributed by atoms with Gasteiger partial charge < -0.3 is 19.7 Å². The van der Waals surface area contributed by atoms with Gasteiger partial charge in [0.05, 0.1) is 36.2 Å². The number of anilines is 1. The summed E-state index contributed by atoms with van der Waals surface area (Å²) in [6.07, 6.45) is 9.70. The predicted octanol–water partition coefficient (Wildman–Crippen LogP) is 4.90. The minimum Gasteiger partial charge on any atom is -0.473 e. The molecule has 1 spiro atoms. The molecule has 6 heterocycles. The van der Waals surface area contributed by atoms with Crippen LogP contribution in [0, 0.1) is 11.3 Å². The van der Waals surface area contributed by atoms with Crippen molar-refractivity contribution in [2.75, 3.05) is 32.5 Å². The van der Waals surface area contributed by atoms with E-state index in [1.54, 1.807) is 11.3 Å². The van der Waals surface area contributed by atoms with Gasteiger partial charge in [-0.1, -0.05) is 5.16 Å². The number of nitrogens with two attached hydrogens (primary N) is 1. The van der Waals surface area contributed by atoms with Gasteiger partial charge in [0.15, 0.2) is 0 Å². The summed E-state index contributed by atoms with van der Waals surface area (Å²) in [7, 11) is 2.15. The van der Waals surface area contributed by atoms with Crippen LogP contribution in [0.2, 0.25) is 0 Å². The molecule has 44 heavy (non-hydrogen) atoms. The average molecular weight is 613 g/mol. The Kier molecular flexibility index (Phi) is 6.73. The van der Waals surface area contributed by atoms with Gasteiger partial charge >= 0.3 is 0 Å². The number of fused-ring (bicyclic) bond motifs is 4. The minimum absolute atomic E-state index is 0.0520. The van der Waals surface area contributed by atoms with Crippen molar-refractivity contribution in [3.8, 4) is 34.9 Å². The number of rotatable bonds is 6. The number of thiophene rings is 1. The Morgan fingerprint density at radius 1 is 1.18 bits per heavy atom. The number of hydrogen-bond donors (Lipinski definition) is 1. The van der Waals surface area contributed by atoms with Crippen molar-refractivity contribution in [3.05, 3.63) is 45.6 Å². The molecule has 12 heteroatoms. The molecule has 2 aliphatic carbocycles. The lowest BCUT2D eigenvalue weighted by Gasteiger charge is -2.39. The maximum absolute atomic E-state index is 10.1. The van der Waals surface area contributed by atoms with Gasteiger partial charge in [0.1, 0.15) is 22.9 Å². The molecule has 228 valence electrons. The molecule has 4 aromatic heterocycles. The number of ether oxygens (including phenoxy) is 2. The van der Waals surface area contributed by atoms with Crippen LogP contribution in [0.25, 0.3) is 23.0 Å². The van der Waals surface area contributed by atoms with Gasteiger partial charge in [0.2, 0.25) is 17.5 Å². The molecule has 2 saturated heterocycles. The molecular weight excluding hydrogens is 576 g/mol. The van der Waals surface area contributed by atoms with Crippen LogP contribution in [-0.4, -0.2) is 68.8 Å². The second-order valence-corrected chi connectivity index (χ2v) is 13.8. The van der Waals surface area contributed by atoms with Crippen molar-refractivity contribution in [1.29, 1.82) is 5.26 Å². The van der Waals surface area contributed by atoms with Crippen LogP contribution < -0.4 is 10.5 Å². The zero-order chi connectivity index (χ0) is 30.0. The molecule has 4 aliphatic rings. The molecule has 3 atom stereocenters. The lowest BCUT2D eigenvalue weighted by molar-refractivity contribution is -0.0285. The van der Waals surface area contributed by atoms with E-state index < -0.39 is 0 Å². The number of nitriles is 1. The molecule has 0 amide bonds. The van der Waals surface area contributed by atoms with Gasteiger partial charge in [-0.3, -0.25) is 9.58 Å². The van der Waals surface area contributed by atoms with E-state index in [1.165, 1.54) is 4.88 Å². The standard InChI is InChI=1S/C32H36N8O3S/c1-18(24-7-5-12-39(24)2)42-26-14-23(22-9-13-40(37-22)19-16-41-17-19)35-31(36-26)28-20-6-3-10-32(29(20)38-43-28)11-4-8-25-27(32)21(15-33)30(34)44-25/h9,13-14,18-19,24H,3-8,10-12,16-17,34H2,1-2H3/t18-,24-,32-/m0/s1. The zero-order valence-electron chi connectivity index (χ0n) is 25.1. The van der Waals surface area contributed by atoms with E-state index in [0.717, 1.165) is 80.4 Å². The van der Waals surface area contributed by atoms with Gasteiger partial charge in [-0.2, -0.15) is 15.3 Å². The number of hydrogen-bond acceptors (Lipinski definition) is 11. The van der Waals surface area contributed by atoms with E-state index in [1.807, 2.05) is 23.0 Å². The van der Waals surface area contributed by atoms with E-state index in [9.17, 15) is 5.26 Å². The van der Waals surface area contributed by atoms with Crippen LogP contribution in [0.4, 0.5) is 5.00 Å². The van der Waals surface area contributed by atoms with Gasteiger partial charge in [0.25, 0.3) is 0 Å². The lowest BCUT2D eigenvalue weighted by Crippen LogP contribution is -2.38. The maximum atomic E-state index is 10.1. The summed E-state index contributed by atoms with van der Waals surface area (Å²) >= 11 is 1.55. The minimum atomic E-state index is -0.385. The topological polar surface area (TPSA) is 141 Å². The third-order valence-electron chi connectivity index (χ3n) is 10.1. The Morgan fingerprint density at radius 2 is 2.02 bits per heavy atom. The van der Waals surface area contributed by atoms with Crippen molar-refractivity contribution in [1.82, 2.24) is 29.8 Å². The van der Waals surface area contributed by atoms with Gasteiger partial charge in [-0.05, 0) is 83.5 Å². The molecule has 8 rings (SSSR count). The highest BCUT2D eigenvalue weighted by molar-refractivity contribution is 7.16. The van der Waals surface area contributed by atoms with Gasteiger partial charge in [-0.15, -0.1) is 11.3 Å². The largest absolute Gasteiger partial charge is 0.473 e. The Bertz CT molecular complexity index is 1760. The van der Waals surface area contributed by atoms with E-state index in [2.05, 4.69) is 24.9 Å². The first kappa shape index (κ1) is 27.7. The first-order chi connectivity index (χ1) is 21.4. The number of aromatic nitrogens is 5. The number of likely N-dealkylation sites (N-methyl/N-ethyl adjacent to an activating group) is 1. The van der Waals surface area contributed by atoms with Gasteiger partial charge in [-0.25, -0.2) is 4.98 Å². The molecule has 0 aromatic carbocycles. The molecule has 0 unspecified atom stereocenters. The van der Waals surface area contributed by atoms with E-state index in [-0.39, 0.29) is 17.6 Å². The molecule has 2 N–H and O–H groups in total. The van der Waals surface area contributed by atoms with Crippen LogP contribution >= 0.6 is 11.3 Å². The molecular formula is C32H36N8O3S. The summed E-state index contributed by atoms with van der Waals surface area (Å²) in [5.41, 5.74) is 11.0. The SMILES string of the molecule is C[C@H](Oc1cc(-c2ccn(C3COC3)n2)nc(-c2onc3c2CCC[C@@]32CCCc3sc(N)c(C#N)c32)n1)[C@@H]1CCCN1C. The fourth-order valence-electron chi connectivity index (χ4n) is 7.80. The van der Waals surface area contributed by atoms with Crippen molar-refractivity contribution >= 4 is 16.3 Å². The molecule has 4 aromatic rings. The van der Waals surface area contributed by atoms with Crippen LogP contribution in [0.1, 0.15) is 78.8 Å². The average Bonchev–Trinajstić information content (AvgIpc) is 3.78. The fourth-order valence-corrected chi connectivity index (χ4v) is 8.96. The van der Waals surface area contributed by atoms with E-state index >= 15 is 0 Å². The number of likely N-dealkylation sites (tertiary alicyclic amines) is 1. The first-order valence-electron chi connectivity index (χ1n) is 15.7.